The molecule has 2 amide bonds. The van der Waals surface area contributed by atoms with Crippen LogP contribution in [0.3, 0.4) is 0 Å². The van der Waals surface area contributed by atoms with Crippen molar-refractivity contribution < 1.29 is 19.1 Å². The van der Waals surface area contributed by atoms with Crippen LogP contribution in [-0.4, -0.2) is 55.7 Å². The van der Waals surface area contributed by atoms with E-state index in [0.717, 1.165) is 17.9 Å². The van der Waals surface area contributed by atoms with Crippen LogP contribution < -0.4 is 15.4 Å². The van der Waals surface area contributed by atoms with Crippen molar-refractivity contribution in [2.24, 2.45) is 0 Å². The number of aromatic nitrogens is 1. The number of hydrogen-bond donors (Lipinski definition) is 2. The molecule has 1 aliphatic rings. The molecule has 0 radical (unpaired) electrons. The van der Waals surface area contributed by atoms with E-state index in [0.29, 0.717) is 24.3 Å². The third kappa shape index (κ3) is 4.58. The number of pyridine rings is 1. The van der Waals surface area contributed by atoms with Gasteiger partial charge in [-0.25, -0.2) is 9.59 Å². The lowest BCUT2D eigenvalue weighted by atomic mass is 10.0. The van der Waals surface area contributed by atoms with Crippen molar-refractivity contribution in [3.05, 3.63) is 59.4 Å². The highest BCUT2D eigenvalue weighted by Gasteiger charge is 2.28. The molecule has 0 aliphatic carbocycles. The molecule has 2 N–H and O–H groups in total. The molecule has 1 aromatic heterocycles. The molecule has 1 aromatic carbocycles. The molecular weight excluding hydrogens is 360 g/mol. The maximum absolute atomic E-state index is 12.8. The minimum atomic E-state index is -0.440. The molecule has 1 unspecified atom stereocenters. The van der Waals surface area contributed by atoms with E-state index >= 15 is 0 Å². The Labute approximate surface area is 163 Å². The number of esters is 1. The van der Waals surface area contributed by atoms with E-state index in [1.54, 1.807) is 19.2 Å². The van der Waals surface area contributed by atoms with Crippen molar-refractivity contribution in [3.8, 4) is 5.75 Å². The summed E-state index contributed by atoms with van der Waals surface area (Å²) >= 11 is 0. The number of urea groups is 1. The Morgan fingerprint density at radius 3 is 2.86 bits per heavy atom. The summed E-state index contributed by atoms with van der Waals surface area (Å²) in [6.45, 7) is 2.28. The molecule has 0 spiro atoms. The maximum atomic E-state index is 12.8. The molecule has 1 fully saturated rings. The van der Waals surface area contributed by atoms with Gasteiger partial charge in [-0.05, 0) is 29.8 Å². The summed E-state index contributed by atoms with van der Waals surface area (Å²) in [6.07, 6.45) is 1.44. The van der Waals surface area contributed by atoms with Gasteiger partial charge in [-0.2, -0.15) is 0 Å². The highest BCUT2D eigenvalue weighted by molar-refractivity contribution is 5.88. The maximum Gasteiger partial charge on any atom is 0.339 e. The molecule has 1 saturated heterocycles. The van der Waals surface area contributed by atoms with E-state index in [2.05, 4.69) is 20.4 Å². The van der Waals surface area contributed by atoms with E-state index in [-0.39, 0.29) is 18.6 Å². The van der Waals surface area contributed by atoms with Crippen LogP contribution in [0.15, 0.2) is 42.6 Å². The topological polar surface area (TPSA) is 92.8 Å². The third-order valence-electron chi connectivity index (χ3n) is 4.65. The van der Waals surface area contributed by atoms with Crippen molar-refractivity contribution in [2.75, 3.05) is 33.9 Å². The molecule has 0 bridgehead atoms. The number of hydrogen-bond acceptors (Lipinski definition) is 6. The molecule has 0 saturated carbocycles. The van der Waals surface area contributed by atoms with E-state index in [1.165, 1.54) is 13.3 Å². The Morgan fingerprint density at radius 1 is 1.29 bits per heavy atom. The molecule has 1 atom stereocenters. The highest BCUT2D eigenvalue weighted by atomic mass is 16.5. The van der Waals surface area contributed by atoms with E-state index in [4.69, 9.17) is 4.74 Å². The summed E-state index contributed by atoms with van der Waals surface area (Å²) in [5.74, 6) is 0.323. The van der Waals surface area contributed by atoms with Gasteiger partial charge in [0, 0.05) is 25.8 Å². The third-order valence-corrected chi connectivity index (χ3v) is 4.65. The van der Waals surface area contributed by atoms with Crippen LogP contribution in [-0.2, 0) is 11.3 Å². The number of rotatable bonds is 5. The second kappa shape index (κ2) is 9.18. The second-order valence-electron chi connectivity index (χ2n) is 6.38. The minimum Gasteiger partial charge on any atom is -0.497 e. The SMILES string of the molecule is COC(=O)c1ccc(CNC(=O)N2CCNCC2c2cccc(OC)c2)nc1. The summed E-state index contributed by atoms with van der Waals surface area (Å²) in [5, 5.41) is 6.24. The minimum absolute atomic E-state index is 0.0847. The van der Waals surface area contributed by atoms with E-state index in [1.807, 2.05) is 29.2 Å². The summed E-state index contributed by atoms with van der Waals surface area (Å²) < 4.78 is 9.95. The van der Waals surface area contributed by atoms with Gasteiger partial charge in [0.2, 0.25) is 0 Å². The first kappa shape index (κ1) is 19.6. The van der Waals surface area contributed by atoms with E-state index in [9.17, 15) is 9.59 Å². The van der Waals surface area contributed by atoms with Crippen LogP contribution in [0, 0.1) is 0 Å². The molecule has 2 aromatic rings. The predicted octanol–water partition coefficient (Wildman–Crippen LogP) is 1.73. The number of nitrogens with one attached hydrogen (secondary N) is 2. The fourth-order valence-electron chi connectivity index (χ4n) is 3.13. The Morgan fingerprint density at radius 2 is 2.14 bits per heavy atom. The normalized spacial score (nSPS) is 16.4. The zero-order valence-corrected chi connectivity index (χ0v) is 16.0. The average molecular weight is 384 g/mol. The molecule has 1 aliphatic heterocycles. The molecule has 148 valence electrons. The van der Waals surface area contributed by atoms with Gasteiger partial charge in [0.15, 0.2) is 0 Å². The lowest BCUT2D eigenvalue weighted by molar-refractivity contribution is 0.0600. The van der Waals surface area contributed by atoms with Crippen LogP contribution >= 0.6 is 0 Å². The van der Waals surface area contributed by atoms with Gasteiger partial charge in [-0.3, -0.25) is 4.98 Å². The number of ether oxygens (including phenoxy) is 2. The Kier molecular flexibility index (Phi) is 6.44. The molecule has 8 heteroatoms. The highest BCUT2D eigenvalue weighted by Crippen LogP contribution is 2.25. The van der Waals surface area contributed by atoms with Gasteiger partial charge in [0.05, 0.1) is 38.1 Å². The van der Waals surface area contributed by atoms with Crippen molar-refractivity contribution >= 4 is 12.0 Å². The van der Waals surface area contributed by atoms with Gasteiger partial charge in [0.25, 0.3) is 0 Å². The monoisotopic (exact) mass is 384 g/mol. The zero-order chi connectivity index (χ0) is 19.9. The quantitative estimate of drug-likeness (QED) is 0.763. The zero-order valence-electron chi connectivity index (χ0n) is 16.0. The number of carbonyl (C=O) groups is 2. The van der Waals surface area contributed by atoms with Gasteiger partial charge >= 0.3 is 12.0 Å². The molecule has 8 nitrogen and oxygen atoms in total. The van der Waals surface area contributed by atoms with Gasteiger partial charge in [-0.1, -0.05) is 12.1 Å². The lowest BCUT2D eigenvalue weighted by Gasteiger charge is -2.36. The largest absolute Gasteiger partial charge is 0.497 e. The smallest absolute Gasteiger partial charge is 0.339 e. The van der Waals surface area contributed by atoms with Crippen LogP contribution in [0.1, 0.15) is 27.7 Å². The lowest BCUT2D eigenvalue weighted by Crippen LogP contribution is -2.51. The summed E-state index contributed by atoms with van der Waals surface area (Å²) in [4.78, 5) is 30.3. The van der Waals surface area contributed by atoms with Gasteiger partial charge < -0.3 is 25.0 Å². The number of carbonyl (C=O) groups excluding carboxylic acids is 2. The number of methoxy groups -OCH3 is 2. The molecule has 3 rings (SSSR count). The summed E-state index contributed by atoms with van der Waals surface area (Å²) in [5.41, 5.74) is 2.05. The van der Waals surface area contributed by atoms with E-state index < -0.39 is 5.97 Å². The first-order chi connectivity index (χ1) is 13.6. The second-order valence-corrected chi connectivity index (χ2v) is 6.38. The summed E-state index contributed by atoms with van der Waals surface area (Å²) in [7, 11) is 2.95. The number of benzene rings is 1. The van der Waals surface area contributed by atoms with Crippen LogP contribution in [0.25, 0.3) is 0 Å². The number of nitrogens with zero attached hydrogens (tertiary/aromatic N) is 2. The first-order valence-electron chi connectivity index (χ1n) is 9.04. The Balaban J connectivity index is 1.65. The average Bonchev–Trinajstić information content (AvgIpc) is 2.77. The number of piperazine rings is 1. The number of amides is 2. The molecule has 2 heterocycles. The van der Waals surface area contributed by atoms with Crippen molar-refractivity contribution in [3.63, 3.8) is 0 Å². The Hall–Kier alpha value is -3.13. The predicted molar refractivity (Wildman–Crippen MR) is 103 cm³/mol. The van der Waals surface area contributed by atoms with Crippen LogP contribution in [0.2, 0.25) is 0 Å². The van der Waals surface area contributed by atoms with Crippen molar-refractivity contribution in [1.29, 1.82) is 0 Å². The van der Waals surface area contributed by atoms with Crippen LogP contribution in [0.5, 0.6) is 5.75 Å². The Bertz CT molecular complexity index is 825. The molecule has 28 heavy (non-hydrogen) atoms. The van der Waals surface area contributed by atoms with Gasteiger partial charge in [0.1, 0.15) is 5.75 Å². The first-order valence-corrected chi connectivity index (χ1v) is 9.04. The van der Waals surface area contributed by atoms with Crippen molar-refractivity contribution in [2.45, 2.75) is 12.6 Å². The summed E-state index contributed by atoms with van der Waals surface area (Å²) in [6, 6.07) is 10.8. The fourth-order valence-corrected chi connectivity index (χ4v) is 3.13. The standard InChI is InChI=1S/C20H24N4O4/c1-27-17-5-3-4-14(10-17)18-13-21-8-9-24(18)20(26)23-12-16-7-6-15(11-22-16)19(25)28-2/h3-7,10-11,18,21H,8-9,12-13H2,1-2H3,(H,23,26). The fraction of sp³-hybridized carbons (Fsp3) is 0.350. The molecular formula is C20H24N4O4. The van der Waals surface area contributed by atoms with Crippen molar-refractivity contribution in [1.82, 2.24) is 20.5 Å². The van der Waals surface area contributed by atoms with Crippen LogP contribution in [0.4, 0.5) is 4.79 Å². The van der Waals surface area contributed by atoms with Gasteiger partial charge in [-0.15, -0.1) is 0 Å².